The molecular formula is C8H23ClN2O3Si. The minimum absolute atomic E-state index is 0.597. The van der Waals surface area contributed by atoms with Crippen molar-refractivity contribution >= 4 is 20.4 Å². The van der Waals surface area contributed by atoms with Crippen molar-refractivity contribution in [1.29, 1.82) is 0 Å². The van der Waals surface area contributed by atoms with Crippen molar-refractivity contribution in [2.24, 2.45) is 11.5 Å². The Kier molecular flexibility index (Phi) is 14.6. The topological polar surface area (TPSA) is 79.7 Å². The van der Waals surface area contributed by atoms with E-state index in [9.17, 15) is 0 Å². The van der Waals surface area contributed by atoms with Gasteiger partial charge in [-0.1, -0.05) is 0 Å². The van der Waals surface area contributed by atoms with Crippen LogP contribution in [-0.4, -0.2) is 49.1 Å². The number of rotatable bonds is 7. The summed E-state index contributed by atoms with van der Waals surface area (Å²) < 4.78 is 15.5. The first kappa shape index (κ1) is 17.7. The Hall–Kier alpha value is 0.307. The van der Waals surface area contributed by atoms with E-state index in [-0.39, 0.29) is 0 Å². The molecule has 0 radical (unpaired) electrons. The zero-order chi connectivity index (χ0) is 12.2. The third-order valence-electron chi connectivity index (χ3n) is 1.72. The molecule has 0 aliphatic carbocycles. The molecule has 0 saturated heterocycles. The summed E-state index contributed by atoms with van der Waals surface area (Å²) in [6, 6.07) is 0.778. The molecule has 0 bridgehead atoms. The molecule has 5 nitrogen and oxygen atoms in total. The minimum atomic E-state index is -2.32. The summed E-state index contributed by atoms with van der Waals surface area (Å²) in [4.78, 5) is 0. The Morgan fingerprint density at radius 3 is 1.60 bits per heavy atom. The van der Waals surface area contributed by atoms with E-state index in [0.29, 0.717) is 19.0 Å². The maximum Gasteiger partial charge on any atom is 0.500 e. The van der Waals surface area contributed by atoms with Crippen LogP contribution in [0, 0.1) is 0 Å². The van der Waals surface area contributed by atoms with E-state index in [0.717, 1.165) is 12.5 Å². The van der Waals surface area contributed by atoms with Gasteiger partial charge in [0, 0.05) is 46.3 Å². The zero-order valence-electron chi connectivity index (χ0n) is 9.79. The summed E-state index contributed by atoms with van der Waals surface area (Å²) >= 11 is 5.53. The Morgan fingerprint density at radius 1 is 1.00 bits per heavy atom. The summed E-state index contributed by atoms with van der Waals surface area (Å²) in [6.45, 7) is 1.19. The molecule has 0 atom stereocenters. The van der Waals surface area contributed by atoms with Gasteiger partial charge in [0.1, 0.15) is 0 Å². The van der Waals surface area contributed by atoms with Crippen molar-refractivity contribution in [2.45, 2.75) is 12.5 Å². The Balaban J connectivity index is 0. The van der Waals surface area contributed by atoms with Gasteiger partial charge in [-0.05, 0) is 6.42 Å². The molecular weight excluding hydrogens is 236 g/mol. The van der Waals surface area contributed by atoms with Crippen LogP contribution in [0.2, 0.25) is 6.04 Å². The standard InChI is InChI=1S/C6H15ClO3Si.C2H8N2/c1-8-11(9-2,10-3)6-4-5-7;3-1-2-4/h4-6H2,1-3H3;1-4H2. The van der Waals surface area contributed by atoms with Gasteiger partial charge in [-0.25, -0.2) is 0 Å². The largest absolute Gasteiger partial charge is 0.500 e. The van der Waals surface area contributed by atoms with E-state index < -0.39 is 8.80 Å². The number of halogens is 1. The summed E-state index contributed by atoms with van der Waals surface area (Å²) in [7, 11) is 2.49. The summed E-state index contributed by atoms with van der Waals surface area (Å²) in [5.41, 5.74) is 9.81. The van der Waals surface area contributed by atoms with E-state index in [4.69, 9.17) is 36.3 Å². The third kappa shape index (κ3) is 9.25. The second-order valence-corrected chi connectivity index (χ2v) is 6.13. The predicted molar refractivity (Wildman–Crippen MR) is 65.0 cm³/mol. The second kappa shape index (κ2) is 12.4. The van der Waals surface area contributed by atoms with E-state index in [1.165, 1.54) is 0 Å². The van der Waals surface area contributed by atoms with Gasteiger partial charge in [0.15, 0.2) is 0 Å². The molecule has 0 aromatic carbocycles. The van der Waals surface area contributed by atoms with Crippen molar-refractivity contribution < 1.29 is 13.3 Å². The molecule has 0 saturated carbocycles. The zero-order valence-corrected chi connectivity index (χ0v) is 11.5. The van der Waals surface area contributed by atoms with Gasteiger partial charge >= 0.3 is 8.80 Å². The van der Waals surface area contributed by atoms with Crippen LogP contribution >= 0.6 is 11.6 Å². The highest BCUT2D eigenvalue weighted by molar-refractivity contribution is 6.60. The van der Waals surface area contributed by atoms with Crippen molar-refractivity contribution in [3.8, 4) is 0 Å². The molecule has 0 fully saturated rings. The van der Waals surface area contributed by atoms with E-state index in [1.807, 2.05) is 0 Å². The Morgan fingerprint density at radius 2 is 1.40 bits per heavy atom. The van der Waals surface area contributed by atoms with Crippen LogP contribution in [0.4, 0.5) is 0 Å². The molecule has 0 rings (SSSR count). The molecule has 0 aliphatic rings. The van der Waals surface area contributed by atoms with Crippen LogP contribution < -0.4 is 11.5 Å². The molecule has 0 aromatic rings. The van der Waals surface area contributed by atoms with Gasteiger partial charge in [-0.2, -0.15) is 0 Å². The van der Waals surface area contributed by atoms with Crippen LogP contribution in [0.1, 0.15) is 6.42 Å². The molecule has 0 amide bonds. The molecule has 0 spiro atoms. The SMILES string of the molecule is CO[Si](CCCCl)(OC)OC.NCCN. The molecule has 0 aliphatic heterocycles. The summed E-state index contributed by atoms with van der Waals surface area (Å²) in [6.07, 6.45) is 0.864. The van der Waals surface area contributed by atoms with E-state index >= 15 is 0 Å². The fourth-order valence-corrected chi connectivity index (χ4v) is 2.92. The molecule has 4 N–H and O–H groups in total. The molecule has 0 heterocycles. The maximum atomic E-state index is 5.53. The number of nitrogens with two attached hydrogens (primary N) is 2. The van der Waals surface area contributed by atoms with Gasteiger partial charge in [0.25, 0.3) is 0 Å². The highest BCUT2D eigenvalue weighted by Gasteiger charge is 2.36. The first-order valence-electron chi connectivity index (χ1n) is 4.77. The number of hydrogen-bond donors (Lipinski definition) is 2. The van der Waals surface area contributed by atoms with Gasteiger partial charge < -0.3 is 24.7 Å². The fourth-order valence-electron chi connectivity index (χ4n) is 0.840. The third-order valence-corrected chi connectivity index (χ3v) is 4.82. The lowest BCUT2D eigenvalue weighted by Gasteiger charge is -2.23. The van der Waals surface area contributed by atoms with Crippen LogP contribution in [0.5, 0.6) is 0 Å². The second-order valence-electron chi connectivity index (χ2n) is 2.67. The lowest BCUT2D eigenvalue weighted by atomic mass is 10.6. The van der Waals surface area contributed by atoms with Crippen LogP contribution in [0.15, 0.2) is 0 Å². The van der Waals surface area contributed by atoms with Crippen molar-refractivity contribution in [3.63, 3.8) is 0 Å². The van der Waals surface area contributed by atoms with Crippen LogP contribution in [0.25, 0.3) is 0 Å². The molecule has 0 aromatic heterocycles. The van der Waals surface area contributed by atoms with Crippen molar-refractivity contribution in [1.82, 2.24) is 0 Å². The highest BCUT2D eigenvalue weighted by Crippen LogP contribution is 2.14. The van der Waals surface area contributed by atoms with Crippen LogP contribution in [0.3, 0.4) is 0 Å². The number of hydrogen-bond acceptors (Lipinski definition) is 5. The van der Waals surface area contributed by atoms with Gasteiger partial charge in [0.05, 0.1) is 0 Å². The van der Waals surface area contributed by atoms with Gasteiger partial charge in [0.2, 0.25) is 0 Å². The van der Waals surface area contributed by atoms with E-state index in [2.05, 4.69) is 0 Å². The van der Waals surface area contributed by atoms with Gasteiger partial charge in [-0.15, -0.1) is 11.6 Å². The Bertz CT molecular complexity index is 118. The average molecular weight is 259 g/mol. The monoisotopic (exact) mass is 258 g/mol. The minimum Gasteiger partial charge on any atom is -0.377 e. The van der Waals surface area contributed by atoms with Crippen LogP contribution in [-0.2, 0) is 13.3 Å². The molecule has 15 heavy (non-hydrogen) atoms. The Labute approximate surface area is 98.4 Å². The smallest absolute Gasteiger partial charge is 0.377 e. The molecule has 0 unspecified atom stereocenters. The first-order valence-corrected chi connectivity index (χ1v) is 7.24. The van der Waals surface area contributed by atoms with Crippen molar-refractivity contribution in [2.75, 3.05) is 40.3 Å². The summed E-state index contributed by atoms with van der Waals surface area (Å²) in [5.74, 6) is 0.616. The van der Waals surface area contributed by atoms with Gasteiger partial charge in [-0.3, -0.25) is 0 Å². The van der Waals surface area contributed by atoms with E-state index in [1.54, 1.807) is 21.3 Å². The number of alkyl halides is 1. The summed E-state index contributed by atoms with van der Waals surface area (Å²) in [5, 5.41) is 0. The predicted octanol–water partition coefficient (Wildman–Crippen LogP) is 0.397. The lowest BCUT2D eigenvalue weighted by molar-refractivity contribution is 0.123. The first-order chi connectivity index (χ1) is 7.16. The molecule has 94 valence electrons. The van der Waals surface area contributed by atoms with Crippen molar-refractivity contribution in [3.05, 3.63) is 0 Å². The quantitative estimate of drug-likeness (QED) is 0.510. The normalized spacial score (nSPS) is 10.8. The highest BCUT2D eigenvalue weighted by atomic mass is 35.5. The average Bonchev–Trinajstić information content (AvgIpc) is 2.32. The maximum absolute atomic E-state index is 5.53. The lowest BCUT2D eigenvalue weighted by Crippen LogP contribution is -2.42. The molecule has 7 heteroatoms. The fraction of sp³-hybridized carbons (Fsp3) is 1.00.